The van der Waals surface area contributed by atoms with Crippen LogP contribution in [0.3, 0.4) is 0 Å². The fourth-order valence-corrected chi connectivity index (χ4v) is 3.19. The summed E-state index contributed by atoms with van der Waals surface area (Å²) >= 11 is 0. The van der Waals surface area contributed by atoms with Gasteiger partial charge in [-0.1, -0.05) is 0 Å². The Morgan fingerprint density at radius 1 is 0.606 bits per heavy atom. The number of aliphatic carboxylic acids is 1. The first-order valence-corrected chi connectivity index (χ1v) is 9.25. The van der Waals surface area contributed by atoms with Crippen LogP contribution in [0.4, 0.5) is 0 Å². The van der Waals surface area contributed by atoms with E-state index in [0.717, 1.165) is 49.3 Å². The van der Waals surface area contributed by atoms with Crippen LogP contribution in [0.25, 0.3) is 0 Å². The average molecular weight is 451 g/mol. The number of carboxylic acid groups (broad SMARTS) is 1. The van der Waals surface area contributed by atoms with Gasteiger partial charge in [0, 0.05) is 0 Å². The van der Waals surface area contributed by atoms with Crippen LogP contribution < -0.4 is 0 Å². The van der Waals surface area contributed by atoms with Crippen molar-refractivity contribution in [1.29, 1.82) is 0 Å². The van der Waals surface area contributed by atoms with E-state index in [2.05, 4.69) is 0 Å². The van der Waals surface area contributed by atoms with Gasteiger partial charge in [-0.25, -0.2) is 9.69 Å². The summed E-state index contributed by atoms with van der Waals surface area (Å²) in [7, 11) is 0. The summed E-state index contributed by atoms with van der Waals surface area (Å²) in [5.41, 5.74) is -3.47. The molecule has 33 heavy (non-hydrogen) atoms. The molecule has 11 nitrogen and oxygen atoms in total. The van der Waals surface area contributed by atoms with Crippen molar-refractivity contribution in [3.63, 3.8) is 0 Å². The second kappa shape index (κ2) is 8.30. The van der Waals surface area contributed by atoms with Gasteiger partial charge in [0.25, 0.3) is 17.4 Å². The molecule has 0 atom stereocenters. The Balaban J connectivity index is 2.03. The van der Waals surface area contributed by atoms with Gasteiger partial charge >= 0.3 is 5.97 Å². The molecule has 4 heterocycles. The first-order chi connectivity index (χ1) is 15.9. The number of carbonyl (C=O) groups is 5. The van der Waals surface area contributed by atoms with Crippen molar-refractivity contribution >= 4 is 29.4 Å². The minimum absolute atomic E-state index is 0.0251. The number of nitrogens with zero attached hydrogens (tertiary/aromatic N) is 1. The predicted molar refractivity (Wildman–Crippen MR) is 104 cm³/mol. The van der Waals surface area contributed by atoms with E-state index in [1.165, 1.54) is 24.3 Å². The van der Waals surface area contributed by atoms with Gasteiger partial charge in [-0.15, -0.1) is 0 Å². The normalized spacial score (nSPS) is 11.2. The quantitative estimate of drug-likeness (QED) is 0.239. The molecule has 11 heteroatoms. The molecular formula is C22H13NO10. The number of carbonyl (C=O) groups excluding carboxylic acids is 4. The summed E-state index contributed by atoms with van der Waals surface area (Å²) in [5, 5.41) is 10.3. The van der Waals surface area contributed by atoms with Crippen molar-refractivity contribution in [2.45, 2.75) is 5.54 Å². The lowest BCUT2D eigenvalue weighted by Gasteiger charge is -2.34. The molecule has 0 fully saturated rings. The number of Topliss-reactive ketones (excluding diaryl/α,β-unsaturated/α-hetero) is 2. The van der Waals surface area contributed by atoms with Crippen LogP contribution in [-0.2, 0) is 4.79 Å². The van der Waals surface area contributed by atoms with E-state index in [0.29, 0.717) is 0 Å². The fourth-order valence-electron chi connectivity index (χ4n) is 3.19. The van der Waals surface area contributed by atoms with Crippen LogP contribution in [0.1, 0.15) is 42.2 Å². The van der Waals surface area contributed by atoms with Crippen molar-refractivity contribution in [3.8, 4) is 0 Å². The highest BCUT2D eigenvalue weighted by molar-refractivity contribution is 6.38. The molecule has 1 N–H and O–H groups in total. The molecule has 0 saturated carbocycles. The lowest BCUT2D eigenvalue weighted by molar-refractivity contribution is -0.143. The van der Waals surface area contributed by atoms with Crippen LogP contribution >= 0.6 is 0 Å². The van der Waals surface area contributed by atoms with E-state index < -0.39 is 57.9 Å². The van der Waals surface area contributed by atoms with Crippen LogP contribution in [0.2, 0.25) is 0 Å². The Kier molecular flexibility index (Phi) is 5.36. The number of imide groups is 1. The summed E-state index contributed by atoms with van der Waals surface area (Å²) in [6, 6.07) is 9.57. The maximum atomic E-state index is 13.6. The molecule has 4 aromatic heterocycles. The van der Waals surface area contributed by atoms with E-state index in [4.69, 9.17) is 17.7 Å². The van der Waals surface area contributed by atoms with Gasteiger partial charge in [-0.3, -0.25) is 19.2 Å². The van der Waals surface area contributed by atoms with Gasteiger partial charge in [-0.2, -0.15) is 0 Å². The van der Waals surface area contributed by atoms with E-state index in [-0.39, 0.29) is 4.90 Å². The standard InChI is InChI=1S/C22H13NO10/c24-17(13-5-1-9-30-13)22(21(28)29,18(25)14-6-2-10-31-14)23(19(26)15-7-3-11-32-15)20(27)16-8-4-12-33-16/h1-12H,(H,28,29). The molecule has 0 spiro atoms. The highest BCUT2D eigenvalue weighted by Crippen LogP contribution is 2.31. The molecule has 0 bridgehead atoms. The number of furan rings is 4. The smallest absolute Gasteiger partial charge is 0.347 e. The minimum atomic E-state index is -3.47. The van der Waals surface area contributed by atoms with Crippen LogP contribution in [-0.4, -0.2) is 44.9 Å². The third-order valence-electron chi connectivity index (χ3n) is 4.66. The van der Waals surface area contributed by atoms with Crippen LogP contribution in [0, 0.1) is 0 Å². The first-order valence-electron chi connectivity index (χ1n) is 9.25. The topological polar surface area (TPSA) is 161 Å². The average Bonchev–Trinajstić information content (AvgIpc) is 3.61. The van der Waals surface area contributed by atoms with Crippen molar-refractivity contribution in [2.24, 2.45) is 0 Å². The van der Waals surface area contributed by atoms with Gasteiger partial charge in [0.05, 0.1) is 25.1 Å². The third kappa shape index (κ3) is 3.37. The van der Waals surface area contributed by atoms with Gasteiger partial charge < -0.3 is 22.8 Å². The van der Waals surface area contributed by atoms with E-state index in [1.807, 2.05) is 0 Å². The highest BCUT2D eigenvalue weighted by Gasteiger charge is 2.64. The van der Waals surface area contributed by atoms with E-state index in [1.54, 1.807) is 0 Å². The maximum absolute atomic E-state index is 13.6. The Morgan fingerprint density at radius 2 is 0.939 bits per heavy atom. The highest BCUT2D eigenvalue weighted by atomic mass is 16.4. The second-order valence-electron chi connectivity index (χ2n) is 6.53. The van der Waals surface area contributed by atoms with Crippen molar-refractivity contribution in [2.75, 3.05) is 0 Å². The van der Waals surface area contributed by atoms with Crippen LogP contribution in [0.15, 0.2) is 91.3 Å². The molecule has 0 radical (unpaired) electrons. The van der Waals surface area contributed by atoms with Crippen molar-refractivity contribution in [3.05, 3.63) is 96.6 Å². The monoisotopic (exact) mass is 451 g/mol. The lowest BCUT2D eigenvalue weighted by atomic mass is 9.83. The van der Waals surface area contributed by atoms with Gasteiger partial charge in [0.1, 0.15) is 0 Å². The Morgan fingerprint density at radius 3 is 1.21 bits per heavy atom. The Bertz CT molecular complexity index is 1200. The number of hydrogen-bond acceptors (Lipinski definition) is 9. The number of amides is 2. The third-order valence-corrected chi connectivity index (χ3v) is 4.66. The molecule has 0 aliphatic heterocycles. The molecule has 0 saturated heterocycles. The summed E-state index contributed by atoms with van der Waals surface area (Å²) in [6.07, 6.45) is 4.30. The van der Waals surface area contributed by atoms with Gasteiger partial charge in [-0.05, 0) is 48.5 Å². The summed E-state index contributed by atoms with van der Waals surface area (Å²) in [5.74, 6) is -10.1. The SMILES string of the molecule is O=C(c1ccco1)N(C(=O)c1ccco1)C(C(=O)O)(C(=O)c1ccco1)C(=O)c1ccco1. The Hall–Kier alpha value is -4.93. The molecule has 0 aromatic carbocycles. The van der Waals surface area contributed by atoms with E-state index >= 15 is 0 Å². The molecule has 2 amide bonds. The molecule has 0 unspecified atom stereocenters. The lowest BCUT2D eigenvalue weighted by Crippen LogP contribution is -2.68. The van der Waals surface area contributed by atoms with Crippen molar-refractivity contribution in [1.82, 2.24) is 4.90 Å². The van der Waals surface area contributed by atoms with Gasteiger partial charge in [0.15, 0.2) is 23.0 Å². The molecule has 4 rings (SSSR count). The van der Waals surface area contributed by atoms with Gasteiger partial charge in [0.2, 0.25) is 11.6 Å². The summed E-state index contributed by atoms with van der Waals surface area (Å²) < 4.78 is 20.1. The largest absolute Gasteiger partial charge is 0.479 e. The number of ketones is 2. The number of carboxylic acids is 1. The zero-order valence-electron chi connectivity index (χ0n) is 16.5. The van der Waals surface area contributed by atoms with Crippen molar-refractivity contribution < 1.29 is 46.7 Å². The molecule has 0 aliphatic rings. The molecular weight excluding hydrogens is 438 g/mol. The first kappa shape index (κ1) is 21.3. The molecule has 166 valence electrons. The summed E-state index contributed by atoms with van der Waals surface area (Å²) in [4.78, 5) is 66.6. The minimum Gasteiger partial charge on any atom is -0.479 e. The number of rotatable bonds is 8. The number of hydrogen-bond donors (Lipinski definition) is 1. The predicted octanol–water partition coefficient (Wildman–Crippen LogP) is 2.93. The van der Waals surface area contributed by atoms with Crippen LogP contribution in [0.5, 0.6) is 0 Å². The Labute approximate surface area is 183 Å². The zero-order valence-corrected chi connectivity index (χ0v) is 16.5. The van der Waals surface area contributed by atoms with E-state index in [9.17, 15) is 29.1 Å². The zero-order chi connectivity index (χ0) is 23.6. The summed E-state index contributed by atoms with van der Waals surface area (Å²) in [6.45, 7) is 0. The maximum Gasteiger partial charge on any atom is 0.347 e. The molecule has 4 aromatic rings. The fraction of sp³-hybridized carbons (Fsp3) is 0.0455. The molecule has 0 aliphatic carbocycles. The second-order valence-corrected chi connectivity index (χ2v) is 6.53.